The standard InChI is InChI=1S/C21H26N2O2S/c24-20(9-4-12-22-21(25)19-8-5-15-26-19)23-13-10-18(11-14-23)16-17-6-2-1-3-7-17/h1-3,5-8,15,18H,4,9-14,16H2,(H,22,25). The molecule has 5 heteroatoms. The third-order valence-electron chi connectivity index (χ3n) is 4.93. The van der Waals surface area contributed by atoms with Crippen molar-refractivity contribution in [3.05, 3.63) is 58.3 Å². The second-order valence-electron chi connectivity index (χ2n) is 6.85. The number of nitrogens with zero attached hydrogens (tertiary/aromatic N) is 1. The maximum Gasteiger partial charge on any atom is 0.261 e. The van der Waals surface area contributed by atoms with Crippen molar-refractivity contribution in [2.24, 2.45) is 5.92 Å². The second kappa shape index (κ2) is 9.53. The Morgan fingerprint density at radius 2 is 1.85 bits per heavy atom. The van der Waals surface area contributed by atoms with Crippen LogP contribution < -0.4 is 5.32 Å². The molecule has 0 radical (unpaired) electrons. The molecule has 1 saturated heterocycles. The highest BCUT2D eigenvalue weighted by Crippen LogP contribution is 2.22. The molecule has 0 saturated carbocycles. The Balaban J connectivity index is 1.31. The molecule has 0 spiro atoms. The number of hydrogen-bond donors (Lipinski definition) is 1. The van der Waals surface area contributed by atoms with Crippen molar-refractivity contribution in [2.75, 3.05) is 19.6 Å². The number of hydrogen-bond acceptors (Lipinski definition) is 3. The Labute approximate surface area is 159 Å². The number of likely N-dealkylation sites (tertiary alicyclic amines) is 1. The van der Waals surface area contributed by atoms with E-state index in [0.29, 0.717) is 25.3 Å². The van der Waals surface area contributed by atoms with Crippen LogP contribution >= 0.6 is 11.3 Å². The summed E-state index contributed by atoms with van der Waals surface area (Å²) >= 11 is 1.43. The largest absolute Gasteiger partial charge is 0.351 e. The fourth-order valence-corrected chi connectivity index (χ4v) is 4.07. The SMILES string of the molecule is O=C(NCCCC(=O)N1CCC(Cc2ccccc2)CC1)c1cccs1. The van der Waals surface area contributed by atoms with Crippen LogP contribution in [0.2, 0.25) is 0 Å². The minimum absolute atomic E-state index is 0.0471. The van der Waals surface area contributed by atoms with E-state index >= 15 is 0 Å². The number of thiophene rings is 1. The average Bonchev–Trinajstić information content (AvgIpc) is 3.21. The Bertz CT molecular complexity index is 692. The van der Waals surface area contributed by atoms with Gasteiger partial charge >= 0.3 is 0 Å². The molecule has 2 heterocycles. The van der Waals surface area contributed by atoms with Crippen LogP contribution in [0.3, 0.4) is 0 Å². The number of amides is 2. The van der Waals surface area contributed by atoms with Crippen molar-refractivity contribution in [3.63, 3.8) is 0 Å². The number of carbonyl (C=O) groups is 2. The van der Waals surface area contributed by atoms with Gasteiger partial charge in [0.15, 0.2) is 0 Å². The molecule has 0 aliphatic carbocycles. The summed E-state index contributed by atoms with van der Waals surface area (Å²) in [6.45, 7) is 2.27. The number of rotatable bonds is 7. The average molecular weight is 371 g/mol. The fourth-order valence-electron chi connectivity index (χ4n) is 3.43. The van der Waals surface area contributed by atoms with Crippen LogP contribution in [-0.2, 0) is 11.2 Å². The number of piperidine rings is 1. The van der Waals surface area contributed by atoms with E-state index in [0.717, 1.165) is 37.2 Å². The van der Waals surface area contributed by atoms with Gasteiger partial charge in [-0.3, -0.25) is 9.59 Å². The summed E-state index contributed by atoms with van der Waals surface area (Å²) in [5.41, 5.74) is 1.39. The number of carbonyl (C=O) groups excluding carboxylic acids is 2. The lowest BCUT2D eigenvalue weighted by molar-refractivity contribution is -0.132. The van der Waals surface area contributed by atoms with E-state index in [1.165, 1.54) is 16.9 Å². The minimum Gasteiger partial charge on any atom is -0.351 e. The van der Waals surface area contributed by atoms with Gasteiger partial charge in [0.1, 0.15) is 0 Å². The van der Waals surface area contributed by atoms with Gasteiger partial charge in [0.05, 0.1) is 4.88 Å². The Kier molecular flexibility index (Phi) is 6.83. The summed E-state index contributed by atoms with van der Waals surface area (Å²) < 4.78 is 0. The lowest BCUT2D eigenvalue weighted by Gasteiger charge is -2.32. The first-order chi connectivity index (χ1) is 12.7. The molecule has 26 heavy (non-hydrogen) atoms. The van der Waals surface area contributed by atoms with Gasteiger partial charge in [-0.25, -0.2) is 0 Å². The molecule has 0 atom stereocenters. The maximum atomic E-state index is 12.4. The Morgan fingerprint density at radius 3 is 2.54 bits per heavy atom. The highest BCUT2D eigenvalue weighted by atomic mass is 32.1. The molecule has 2 amide bonds. The van der Waals surface area contributed by atoms with Gasteiger partial charge in [0, 0.05) is 26.1 Å². The molecule has 1 fully saturated rings. The van der Waals surface area contributed by atoms with Crippen LogP contribution in [0.25, 0.3) is 0 Å². The molecule has 138 valence electrons. The van der Waals surface area contributed by atoms with Gasteiger partial charge in [-0.1, -0.05) is 36.4 Å². The van der Waals surface area contributed by atoms with Crippen LogP contribution in [0.15, 0.2) is 47.8 Å². The van der Waals surface area contributed by atoms with Crippen LogP contribution in [0.4, 0.5) is 0 Å². The first-order valence-corrected chi connectivity index (χ1v) is 10.2. The van der Waals surface area contributed by atoms with E-state index in [-0.39, 0.29) is 11.8 Å². The van der Waals surface area contributed by atoms with Crippen LogP contribution in [-0.4, -0.2) is 36.3 Å². The van der Waals surface area contributed by atoms with Gasteiger partial charge in [0.2, 0.25) is 5.91 Å². The zero-order valence-electron chi connectivity index (χ0n) is 15.0. The fraction of sp³-hybridized carbons (Fsp3) is 0.429. The summed E-state index contributed by atoms with van der Waals surface area (Å²) in [6.07, 6.45) is 4.47. The molecule has 3 rings (SSSR count). The van der Waals surface area contributed by atoms with Gasteiger partial charge in [-0.15, -0.1) is 11.3 Å². The molecule has 1 aliphatic heterocycles. The molecule has 4 nitrogen and oxygen atoms in total. The summed E-state index contributed by atoms with van der Waals surface area (Å²) in [5, 5.41) is 4.77. The molecule has 1 N–H and O–H groups in total. The predicted octanol–water partition coefficient (Wildman–Crippen LogP) is 3.74. The molecular weight excluding hydrogens is 344 g/mol. The van der Waals surface area contributed by atoms with Crippen LogP contribution in [0.1, 0.15) is 40.9 Å². The molecule has 1 aromatic carbocycles. The van der Waals surface area contributed by atoms with Crippen molar-refractivity contribution >= 4 is 23.2 Å². The van der Waals surface area contributed by atoms with Crippen molar-refractivity contribution in [2.45, 2.75) is 32.1 Å². The summed E-state index contributed by atoms with van der Waals surface area (Å²) in [7, 11) is 0. The first kappa shape index (κ1) is 18.6. The quantitative estimate of drug-likeness (QED) is 0.755. The summed E-state index contributed by atoms with van der Waals surface area (Å²) in [4.78, 5) is 26.9. The van der Waals surface area contributed by atoms with Gasteiger partial charge in [0.25, 0.3) is 5.91 Å². The highest BCUT2D eigenvalue weighted by Gasteiger charge is 2.22. The first-order valence-electron chi connectivity index (χ1n) is 9.36. The van der Waals surface area contributed by atoms with E-state index in [1.807, 2.05) is 28.5 Å². The van der Waals surface area contributed by atoms with Gasteiger partial charge in [-0.05, 0) is 48.6 Å². The zero-order chi connectivity index (χ0) is 18.2. The van der Waals surface area contributed by atoms with E-state index in [2.05, 4.69) is 29.6 Å². The lowest BCUT2D eigenvalue weighted by Crippen LogP contribution is -2.39. The van der Waals surface area contributed by atoms with Crippen molar-refractivity contribution in [3.8, 4) is 0 Å². The van der Waals surface area contributed by atoms with Crippen LogP contribution in [0, 0.1) is 5.92 Å². The molecule has 0 unspecified atom stereocenters. The van der Waals surface area contributed by atoms with Crippen molar-refractivity contribution in [1.82, 2.24) is 10.2 Å². The maximum absolute atomic E-state index is 12.4. The Hall–Kier alpha value is -2.14. The molecule has 1 aromatic heterocycles. The van der Waals surface area contributed by atoms with E-state index in [1.54, 1.807) is 0 Å². The van der Waals surface area contributed by atoms with E-state index < -0.39 is 0 Å². The predicted molar refractivity (Wildman–Crippen MR) is 105 cm³/mol. The second-order valence-corrected chi connectivity index (χ2v) is 7.80. The smallest absolute Gasteiger partial charge is 0.261 e. The van der Waals surface area contributed by atoms with Crippen LogP contribution in [0.5, 0.6) is 0 Å². The monoisotopic (exact) mass is 370 g/mol. The van der Waals surface area contributed by atoms with Crippen molar-refractivity contribution < 1.29 is 9.59 Å². The third kappa shape index (κ3) is 5.43. The third-order valence-corrected chi connectivity index (χ3v) is 5.80. The zero-order valence-corrected chi connectivity index (χ0v) is 15.8. The molecule has 2 aromatic rings. The molecule has 0 bridgehead atoms. The Morgan fingerprint density at radius 1 is 1.08 bits per heavy atom. The number of nitrogens with one attached hydrogen (secondary N) is 1. The molecule has 1 aliphatic rings. The highest BCUT2D eigenvalue weighted by molar-refractivity contribution is 7.12. The number of benzene rings is 1. The van der Waals surface area contributed by atoms with Gasteiger partial charge < -0.3 is 10.2 Å². The van der Waals surface area contributed by atoms with E-state index in [9.17, 15) is 9.59 Å². The van der Waals surface area contributed by atoms with Gasteiger partial charge in [-0.2, -0.15) is 0 Å². The topological polar surface area (TPSA) is 49.4 Å². The summed E-state index contributed by atoms with van der Waals surface area (Å²) in [5.74, 6) is 0.842. The molecular formula is C21H26N2O2S. The summed E-state index contributed by atoms with van der Waals surface area (Å²) in [6, 6.07) is 14.3. The normalized spacial score (nSPS) is 15.0. The van der Waals surface area contributed by atoms with E-state index in [4.69, 9.17) is 0 Å². The lowest BCUT2D eigenvalue weighted by atomic mass is 9.90. The van der Waals surface area contributed by atoms with Crippen molar-refractivity contribution in [1.29, 1.82) is 0 Å². The minimum atomic E-state index is -0.0471.